The maximum Gasteiger partial charge on any atom is 0.173 e. The largest absolute Gasteiger partial charge is 0.381 e. The summed E-state index contributed by atoms with van der Waals surface area (Å²) in [7, 11) is 0. The van der Waals surface area contributed by atoms with Gasteiger partial charge in [0, 0.05) is 37.6 Å². The van der Waals surface area contributed by atoms with Crippen molar-refractivity contribution in [3.8, 4) is 0 Å². The lowest BCUT2D eigenvalue weighted by Crippen LogP contribution is -2.39. The Labute approximate surface area is 126 Å². The van der Waals surface area contributed by atoms with E-state index in [1.807, 2.05) is 0 Å². The van der Waals surface area contributed by atoms with Gasteiger partial charge in [-0.25, -0.2) is 13.2 Å². The van der Waals surface area contributed by atoms with Gasteiger partial charge in [-0.1, -0.05) is 0 Å². The summed E-state index contributed by atoms with van der Waals surface area (Å²) in [6, 6.07) is 1.42. The van der Waals surface area contributed by atoms with Crippen molar-refractivity contribution in [3.63, 3.8) is 0 Å². The Bertz CT molecular complexity index is 535. The van der Waals surface area contributed by atoms with Gasteiger partial charge in [0.15, 0.2) is 17.4 Å². The van der Waals surface area contributed by atoms with Crippen LogP contribution in [0.3, 0.4) is 0 Å². The highest BCUT2D eigenvalue weighted by molar-refractivity contribution is 5.19. The van der Waals surface area contributed by atoms with Gasteiger partial charge in [0.05, 0.1) is 25.9 Å². The first kappa shape index (κ1) is 15.7. The molecule has 1 atom stereocenters. The number of ether oxygens (including phenoxy) is 3. The number of rotatable bonds is 4. The first-order valence-corrected chi connectivity index (χ1v) is 7.32. The molecule has 122 valence electrons. The van der Waals surface area contributed by atoms with Gasteiger partial charge < -0.3 is 19.5 Å². The number of hydrogen-bond acceptors (Lipinski definition) is 4. The lowest BCUT2D eigenvalue weighted by molar-refractivity contribution is -0.210. The molecule has 0 aliphatic carbocycles. The van der Waals surface area contributed by atoms with E-state index in [2.05, 4.69) is 5.32 Å². The average Bonchev–Trinajstić information content (AvgIpc) is 2.88. The van der Waals surface area contributed by atoms with Crippen LogP contribution >= 0.6 is 0 Å². The van der Waals surface area contributed by atoms with Crippen LogP contribution in [0.25, 0.3) is 0 Å². The molecule has 0 aromatic heterocycles. The molecule has 2 aliphatic rings. The van der Waals surface area contributed by atoms with Crippen LogP contribution in [0.15, 0.2) is 12.1 Å². The third-order valence-electron chi connectivity index (χ3n) is 3.95. The van der Waals surface area contributed by atoms with Gasteiger partial charge in [0.1, 0.15) is 5.82 Å². The molecule has 1 spiro atoms. The quantitative estimate of drug-likeness (QED) is 0.864. The van der Waals surface area contributed by atoms with Crippen molar-refractivity contribution in [2.75, 3.05) is 26.4 Å². The molecule has 2 saturated heterocycles. The molecule has 2 fully saturated rings. The monoisotopic (exact) mass is 317 g/mol. The molecule has 0 radical (unpaired) electrons. The summed E-state index contributed by atoms with van der Waals surface area (Å²) in [5.41, 5.74) is 0.0820. The molecule has 7 heteroatoms. The first-order valence-electron chi connectivity index (χ1n) is 7.32. The molecule has 0 unspecified atom stereocenters. The van der Waals surface area contributed by atoms with Crippen molar-refractivity contribution in [3.05, 3.63) is 35.1 Å². The summed E-state index contributed by atoms with van der Waals surface area (Å²) in [6.07, 6.45) is 1.24. The van der Waals surface area contributed by atoms with Crippen LogP contribution in [0, 0.1) is 17.5 Å². The molecular formula is C15H18F3NO3. The highest BCUT2D eigenvalue weighted by atomic mass is 19.2. The van der Waals surface area contributed by atoms with Gasteiger partial charge in [0.25, 0.3) is 0 Å². The van der Waals surface area contributed by atoms with Crippen LogP contribution in [0.1, 0.15) is 18.4 Å². The third kappa shape index (κ3) is 3.43. The van der Waals surface area contributed by atoms with Crippen molar-refractivity contribution in [2.45, 2.75) is 31.3 Å². The van der Waals surface area contributed by atoms with Crippen LogP contribution in [-0.2, 0) is 20.8 Å². The fourth-order valence-corrected chi connectivity index (χ4v) is 2.73. The van der Waals surface area contributed by atoms with E-state index < -0.39 is 23.2 Å². The lowest BCUT2D eigenvalue weighted by Gasteiger charge is -2.31. The van der Waals surface area contributed by atoms with Gasteiger partial charge >= 0.3 is 0 Å². The summed E-state index contributed by atoms with van der Waals surface area (Å²) in [4.78, 5) is 0. The Morgan fingerprint density at radius 1 is 1.09 bits per heavy atom. The Morgan fingerprint density at radius 2 is 1.82 bits per heavy atom. The van der Waals surface area contributed by atoms with Crippen LogP contribution in [0.5, 0.6) is 0 Å². The molecule has 4 nitrogen and oxygen atoms in total. The predicted molar refractivity (Wildman–Crippen MR) is 71.6 cm³/mol. The Morgan fingerprint density at radius 3 is 2.59 bits per heavy atom. The molecule has 1 aromatic carbocycles. The van der Waals surface area contributed by atoms with E-state index in [0.717, 1.165) is 6.07 Å². The molecule has 0 amide bonds. The van der Waals surface area contributed by atoms with Crippen LogP contribution in [0.4, 0.5) is 13.2 Å². The normalized spacial score (nSPS) is 24.0. The molecular weight excluding hydrogens is 299 g/mol. The minimum absolute atomic E-state index is 0.0820. The number of benzene rings is 1. The van der Waals surface area contributed by atoms with E-state index in [1.165, 1.54) is 0 Å². The highest BCUT2D eigenvalue weighted by Gasteiger charge is 2.42. The van der Waals surface area contributed by atoms with Crippen molar-refractivity contribution >= 4 is 0 Å². The van der Waals surface area contributed by atoms with E-state index in [-0.39, 0.29) is 18.2 Å². The standard InChI is InChI=1S/C15H18F3NO3/c16-12-6-14(18)13(17)5-10(12)7-19-8-11-9-21-15(22-11)1-3-20-4-2-15/h5-6,11,19H,1-4,7-9H2/t11-/m1/s1. The van der Waals surface area contributed by atoms with Gasteiger partial charge in [-0.3, -0.25) is 0 Å². The smallest absolute Gasteiger partial charge is 0.173 e. The highest BCUT2D eigenvalue weighted by Crippen LogP contribution is 2.32. The van der Waals surface area contributed by atoms with Gasteiger partial charge in [0.2, 0.25) is 0 Å². The van der Waals surface area contributed by atoms with Crippen molar-refractivity contribution < 1.29 is 27.4 Å². The summed E-state index contributed by atoms with van der Waals surface area (Å²) in [5, 5.41) is 2.99. The molecule has 0 saturated carbocycles. The maximum atomic E-state index is 13.5. The summed E-state index contributed by atoms with van der Waals surface area (Å²) in [5.74, 6) is -3.57. The molecule has 0 bridgehead atoms. The minimum Gasteiger partial charge on any atom is -0.381 e. The lowest BCUT2D eigenvalue weighted by atomic mass is 10.1. The van der Waals surface area contributed by atoms with E-state index in [1.54, 1.807) is 0 Å². The second-order valence-corrected chi connectivity index (χ2v) is 5.56. The summed E-state index contributed by atoms with van der Waals surface area (Å²) < 4.78 is 56.4. The number of hydrogen-bond donors (Lipinski definition) is 1. The number of nitrogens with one attached hydrogen (secondary N) is 1. The SMILES string of the molecule is Fc1cc(F)c(CNC[C@@H]2COC3(CCOCC3)O2)cc1F. The fraction of sp³-hybridized carbons (Fsp3) is 0.600. The minimum atomic E-state index is -1.18. The second-order valence-electron chi connectivity index (χ2n) is 5.56. The zero-order valence-electron chi connectivity index (χ0n) is 12.0. The van der Waals surface area contributed by atoms with E-state index in [0.29, 0.717) is 45.3 Å². The number of halogens is 3. The van der Waals surface area contributed by atoms with Gasteiger partial charge in [-0.05, 0) is 6.07 Å². The Balaban J connectivity index is 1.49. The Kier molecular flexibility index (Phi) is 4.67. The zero-order chi connectivity index (χ0) is 15.6. The van der Waals surface area contributed by atoms with E-state index in [4.69, 9.17) is 14.2 Å². The molecule has 2 aliphatic heterocycles. The molecule has 2 heterocycles. The van der Waals surface area contributed by atoms with Crippen molar-refractivity contribution in [1.29, 1.82) is 0 Å². The fourth-order valence-electron chi connectivity index (χ4n) is 2.73. The van der Waals surface area contributed by atoms with E-state index in [9.17, 15) is 13.2 Å². The van der Waals surface area contributed by atoms with Crippen LogP contribution in [0.2, 0.25) is 0 Å². The molecule has 22 heavy (non-hydrogen) atoms. The maximum absolute atomic E-state index is 13.5. The first-order chi connectivity index (χ1) is 10.6. The van der Waals surface area contributed by atoms with E-state index >= 15 is 0 Å². The predicted octanol–water partition coefficient (Wildman–Crippen LogP) is 2.12. The van der Waals surface area contributed by atoms with Crippen LogP contribution < -0.4 is 5.32 Å². The molecule has 1 aromatic rings. The van der Waals surface area contributed by atoms with Gasteiger partial charge in [-0.2, -0.15) is 0 Å². The zero-order valence-corrected chi connectivity index (χ0v) is 12.0. The second kappa shape index (κ2) is 6.54. The Hall–Kier alpha value is -1.15. The van der Waals surface area contributed by atoms with Crippen LogP contribution in [-0.4, -0.2) is 38.3 Å². The molecule has 3 rings (SSSR count). The average molecular weight is 317 g/mol. The van der Waals surface area contributed by atoms with Crippen molar-refractivity contribution in [2.24, 2.45) is 0 Å². The topological polar surface area (TPSA) is 39.7 Å². The third-order valence-corrected chi connectivity index (χ3v) is 3.95. The van der Waals surface area contributed by atoms with Gasteiger partial charge in [-0.15, -0.1) is 0 Å². The summed E-state index contributed by atoms with van der Waals surface area (Å²) in [6.45, 7) is 2.22. The van der Waals surface area contributed by atoms with Crippen molar-refractivity contribution in [1.82, 2.24) is 5.32 Å². The summed E-state index contributed by atoms with van der Waals surface area (Å²) >= 11 is 0. The molecule has 1 N–H and O–H groups in total.